The molecule has 10 heavy (non-hydrogen) atoms. The van der Waals surface area contributed by atoms with Crippen LogP contribution in [0.2, 0.25) is 0 Å². The molecule has 1 aromatic rings. The Labute approximate surface area is 60.6 Å². The predicted molar refractivity (Wildman–Crippen MR) is 35.3 cm³/mol. The Morgan fingerprint density at radius 3 is 2.60 bits per heavy atom. The van der Waals surface area contributed by atoms with E-state index in [9.17, 15) is 8.76 Å². The number of rotatable bonds is 1. The Kier molecular flexibility index (Phi) is 2.03. The van der Waals surface area contributed by atoms with Crippen LogP contribution < -0.4 is 0 Å². The maximum Gasteiger partial charge on any atom is 0.116 e. The number of aromatic hydroxyl groups is 1. The van der Waals surface area contributed by atoms with Gasteiger partial charge in [-0.05, 0) is 29.3 Å². The topological polar surface area (TPSA) is 60.4 Å². The minimum absolute atomic E-state index is 0.0401. The van der Waals surface area contributed by atoms with Crippen molar-refractivity contribution in [1.29, 1.82) is 0 Å². The Morgan fingerprint density at radius 2 is 2.20 bits per heavy atom. The summed E-state index contributed by atoms with van der Waals surface area (Å²) >= 11 is -2.25. The molecule has 0 aliphatic heterocycles. The molecule has 1 rings (SSSR count). The summed E-state index contributed by atoms with van der Waals surface area (Å²) in [5, 5.41) is 8.79. The van der Waals surface area contributed by atoms with Gasteiger partial charge in [-0.25, -0.2) is 0 Å². The fourth-order valence-corrected chi connectivity index (χ4v) is 0.994. The molecule has 0 radical (unpaired) electrons. The summed E-state index contributed by atoms with van der Waals surface area (Å²) in [7, 11) is 0. The molecule has 54 valence electrons. The zero-order valence-corrected chi connectivity index (χ0v) is 5.80. The van der Waals surface area contributed by atoms with E-state index in [0.717, 1.165) is 0 Å². The third kappa shape index (κ3) is 1.55. The van der Waals surface area contributed by atoms with Gasteiger partial charge in [-0.3, -0.25) is 4.21 Å². The van der Waals surface area contributed by atoms with Crippen molar-refractivity contribution in [1.82, 2.24) is 0 Å². The lowest BCUT2D eigenvalue weighted by Crippen LogP contribution is -1.86. The van der Waals surface area contributed by atoms with Gasteiger partial charge in [-0.1, -0.05) is 6.07 Å². The first-order valence-corrected chi connectivity index (χ1v) is 3.66. The van der Waals surface area contributed by atoms with Crippen LogP contribution in [0.4, 0.5) is 0 Å². The largest absolute Gasteiger partial charge is 0.768 e. The Balaban J connectivity index is 3.07. The quantitative estimate of drug-likeness (QED) is 0.608. The Morgan fingerprint density at radius 1 is 1.50 bits per heavy atom. The van der Waals surface area contributed by atoms with Crippen molar-refractivity contribution in [3.05, 3.63) is 24.3 Å². The van der Waals surface area contributed by atoms with Crippen molar-refractivity contribution in [3.8, 4) is 5.75 Å². The first-order valence-electron chi connectivity index (χ1n) is 2.58. The van der Waals surface area contributed by atoms with Crippen LogP contribution in [-0.4, -0.2) is 13.9 Å². The molecule has 4 heteroatoms. The van der Waals surface area contributed by atoms with Gasteiger partial charge in [-0.2, -0.15) is 0 Å². The molecule has 0 bridgehead atoms. The second-order valence-electron chi connectivity index (χ2n) is 1.73. The van der Waals surface area contributed by atoms with Crippen molar-refractivity contribution in [2.24, 2.45) is 0 Å². The van der Waals surface area contributed by atoms with E-state index in [1.165, 1.54) is 24.3 Å². The zero-order chi connectivity index (χ0) is 7.56. The van der Waals surface area contributed by atoms with Crippen LogP contribution in [0.1, 0.15) is 0 Å². The molecule has 3 nitrogen and oxygen atoms in total. The predicted octanol–water partition coefficient (Wildman–Crippen LogP) is 0.630. The zero-order valence-electron chi connectivity index (χ0n) is 4.98. The van der Waals surface area contributed by atoms with Crippen molar-refractivity contribution in [2.45, 2.75) is 4.90 Å². The number of hydrogen-bond donors (Lipinski definition) is 1. The average Bonchev–Trinajstić information content (AvgIpc) is 1.88. The van der Waals surface area contributed by atoms with Crippen LogP contribution in [0.25, 0.3) is 0 Å². The molecule has 0 saturated heterocycles. The van der Waals surface area contributed by atoms with Crippen LogP contribution in [0.3, 0.4) is 0 Å². The maximum atomic E-state index is 10.2. The summed E-state index contributed by atoms with van der Waals surface area (Å²) in [5.41, 5.74) is 0. The number of hydrogen-bond acceptors (Lipinski definition) is 3. The molecule has 0 aromatic heterocycles. The molecule has 0 amide bonds. The van der Waals surface area contributed by atoms with Crippen molar-refractivity contribution in [2.75, 3.05) is 0 Å². The summed E-state index contributed by atoms with van der Waals surface area (Å²) in [4.78, 5) is 0.0972. The fraction of sp³-hybridized carbons (Fsp3) is 0. The molecule has 1 atom stereocenters. The highest BCUT2D eigenvalue weighted by atomic mass is 32.2. The molecule has 1 unspecified atom stereocenters. The Hall–Kier alpha value is -0.870. The van der Waals surface area contributed by atoms with E-state index in [-0.39, 0.29) is 10.6 Å². The van der Waals surface area contributed by atoms with E-state index in [0.29, 0.717) is 0 Å². The highest BCUT2D eigenvalue weighted by Crippen LogP contribution is 2.12. The van der Waals surface area contributed by atoms with Gasteiger partial charge in [0.1, 0.15) is 5.75 Å². The first-order chi connectivity index (χ1) is 4.70. The smallest absolute Gasteiger partial charge is 0.116 e. The van der Waals surface area contributed by atoms with Gasteiger partial charge in [-0.15, -0.1) is 0 Å². The highest BCUT2D eigenvalue weighted by Gasteiger charge is 1.91. The minimum atomic E-state index is -2.25. The summed E-state index contributed by atoms with van der Waals surface area (Å²) in [6.07, 6.45) is 0. The van der Waals surface area contributed by atoms with E-state index in [1.807, 2.05) is 0 Å². The van der Waals surface area contributed by atoms with Crippen molar-refractivity contribution in [3.63, 3.8) is 0 Å². The molecule has 0 heterocycles. The standard InChI is InChI=1S/C6H6O3S/c7-5-2-1-3-6(4-5)10(8)9/h1-4,7H,(H,8,9)/p-1. The van der Waals surface area contributed by atoms with Crippen molar-refractivity contribution >= 4 is 11.1 Å². The molecule has 1 aromatic carbocycles. The Bertz CT molecular complexity index is 259. The average molecular weight is 157 g/mol. The van der Waals surface area contributed by atoms with Crippen LogP contribution in [0.15, 0.2) is 29.2 Å². The third-order valence-corrected chi connectivity index (χ3v) is 1.65. The van der Waals surface area contributed by atoms with E-state index >= 15 is 0 Å². The van der Waals surface area contributed by atoms with Gasteiger partial charge in [0.15, 0.2) is 0 Å². The van der Waals surface area contributed by atoms with Crippen LogP contribution >= 0.6 is 0 Å². The molecule has 0 aliphatic carbocycles. The lowest BCUT2D eigenvalue weighted by atomic mass is 10.3. The van der Waals surface area contributed by atoms with Gasteiger partial charge in [0.2, 0.25) is 0 Å². The highest BCUT2D eigenvalue weighted by molar-refractivity contribution is 7.79. The summed E-state index contributed by atoms with van der Waals surface area (Å²) in [5.74, 6) is -0.0401. The second-order valence-corrected chi connectivity index (χ2v) is 2.67. The number of benzene rings is 1. The SMILES string of the molecule is O=S([O-])c1cccc(O)c1. The van der Waals surface area contributed by atoms with Crippen LogP contribution in [0.5, 0.6) is 5.75 Å². The third-order valence-electron chi connectivity index (χ3n) is 1.01. The van der Waals surface area contributed by atoms with E-state index in [2.05, 4.69) is 0 Å². The minimum Gasteiger partial charge on any atom is -0.768 e. The maximum absolute atomic E-state index is 10.2. The molecule has 0 saturated carbocycles. The normalized spacial score (nSPS) is 12.9. The molecular weight excluding hydrogens is 152 g/mol. The molecule has 0 fully saturated rings. The summed E-state index contributed by atoms with van der Waals surface area (Å²) in [6.45, 7) is 0. The second kappa shape index (κ2) is 2.81. The molecule has 0 aliphatic rings. The summed E-state index contributed by atoms with van der Waals surface area (Å²) < 4.78 is 20.5. The number of phenolic OH excluding ortho intramolecular Hbond substituents is 1. The first kappa shape index (κ1) is 7.24. The molecule has 1 N–H and O–H groups in total. The van der Waals surface area contributed by atoms with E-state index in [4.69, 9.17) is 5.11 Å². The van der Waals surface area contributed by atoms with Gasteiger partial charge < -0.3 is 9.66 Å². The summed E-state index contributed by atoms with van der Waals surface area (Å²) in [6, 6.07) is 5.47. The monoisotopic (exact) mass is 157 g/mol. The van der Waals surface area contributed by atoms with E-state index < -0.39 is 11.1 Å². The lowest BCUT2D eigenvalue weighted by Gasteiger charge is -2.03. The van der Waals surface area contributed by atoms with Gasteiger partial charge >= 0.3 is 0 Å². The van der Waals surface area contributed by atoms with E-state index in [1.54, 1.807) is 0 Å². The number of phenols is 1. The fourth-order valence-electron chi connectivity index (χ4n) is 0.587. The lowest BCUT2D eigenvalue weighted by molar-refractivity contribution is 0.472. The van der Waals surface area contributed by atoms with Crippen molar-refractivity contribution < 1.29 is 13.9 Å². The van der Waals surface area contributed by atoms with Crippen LogP contribution in [-0.2, 0) is 11.1 Å². The van der Waals surface area contributed by atoms with Gasteiger partial charge in [0.25, 0.3) is 0 Å². The van der Waals surface area contributed by atoms with Gasteiger partial charge in [0.05, 0.1) is 0 Å². The van der Waals surface area contributed by atoms with Crippen LogP contribution in [0, 0.1) is 0 Å². The molecular formula is C6H5O3S-. The van der Waals surface area contributed by atoms with Gasteiger partial charge in [0, 0.05) is 4.90 Å². The molecule has 0 spiro atoms.